The number of rotatable bonds is 3. The van der Waals surface area contributed by atoms with Crippen molar-refractivity contribution in [3.8, 4) is 23.0 Å². The van der Waals surface area contributed by atoms with Crippen LogP contribution in [0.2, 0.25) is 0 Å². The zero-order valence-corrected chi connectivity index (χ0v) is 24.6. The van der Waals surface area contributed by atoms with E-state index < -0.39 is 0 Å². The van der Waals surface area contributed by atoms with E-state index in [1.54, 1.807) is 0 Å². The lowest BCUT2D eigenvalue weighted by Crippen LogP contribution is -2.57. The maximum Gasteiger partial charge on any atom is 0.260 e. The molecule has 0 saturated heterocycles. The van der Waals surface area contributed by atoms with E-state index in [2.05, 4.69) is 122 Å². The fourth-order valence-corrected chi connectivity index (χ4v) is 7.78. The van der Waals surface area contributed by atoms with Crippen LogP contribution in [0.1, 0.15) is 11.1 Å². The van der Waals surface area contributed by atoms with Crippen LogP contribution in [0.15, 0.2) is 121 Å². The van der Waals surface area contributed by atoms with Crippen LogP contribution in [-0.4, -0.2) is 6.71 Å². The molecule has 5 heteroatoms. The minimum Gasteiger partial charge on any atom is -0.458 e. The molecular formula is C38H26BNO2S. The van der Waals surface area contributed by atoms with Gasteiger partial charge in [-0.2, -0.15) is 0 Å². The quantitative estimate of drug-likeness (QED) is 0.198. The highest BCUT2D eigenvalue weighted by molar-refractivity contribution is 7.26. The largest absolute Gasteiger partial charge is 0.458 e. The van der Waals surface area contributed by atoms with Crippen molar-refractivity contribution in [1.29, 1.82) is 0 Å². The molecule has 0 bridgehead atoms. The zero-order chi connectivity index (χ0) is 28.7. The summed E-state index contributed by atoms with van der Waals surface area (Å²) in [6, 6.07) is 43.4. The van der Waals surface area contributed by atoms with E-state index in [9.17, 15) is 0 Å². The molecule has 7 aromatic rings. The molecule has 3 heterocycles. The average Bonchev–Trinajstić information content (AvgIpc) is 3.38. The summed E-state index contributed by atoms with van der Waals surface area (Å²) in [4.78, 5) is 2.34. The molecule has 0 saturated carbocycles. The molecule has 0 unspecified atom stereocenters. The average molecular weight is 572 g/mol. The van der Waals surface area contributed by atoms with Crippen LogP contribution in [0, 0.1) is 13.8 Å². The van der Waals surface area contributed by atoms with Crippen LogP contribution in [0.3, 0.4) is 0 Å². The Balaban J connectivity index is 1.21. The first-order chi connectivity index (χ1) is 21.1. The molecule has 2 aliphatic rings. The SMILES string of the molecule is Cc1ccc(N(c2ccc(C)cc2)c2ccc3c(c2)sc2cc4c(cc23)Oc2cccc3c2B4c2ccccc2O3)cc1. The molecule has 43 heavy (non-hydrogen) atoms. The van der Waals surface area contributed by atoms with Crippen molar-refractivity contribution in [3.05, 3.63) is 132 Å². The number of thiophene rings is 1. The molecule has 3 nitrogen and oxygen atoms in total. The van der Waals surface area contributed by atoms with Crippen molar-refractivity contribution in [2.24, 2.45) is 0 Å². The highest BCUT2D eigenvalue weighted by Crippen LogP contribution is 2.43. The van der Waals surface area contributed by atoms with Crippen molar-refractivity contribution < 1.29 is 9.47 Å². The van der Waals surface area contributed by atoms with Crippen LogP contribution in [0.25, 0.3) is 20.2 Å². The highest BCUT2D eigenvalue weighted by atomic mass is 32.1. The zero-order valence-electron chi connectivity index (χ0n) is 23.8. The first-order valence-electron chi connectivity index (χ1n) is 14.6. The summed E-state index contributed by atoms with van der Waals surface area (Å²) in [5.74, 6) is 3.58. The van der Waals surface area contributed by atoms with Gasteiger partial charge in [0.25, 0.3) is 6.71 Å². The van der Waals surface area contributed by atoms with Gasteiger partial charge in [0.1, 0.15) is 23.0 Å². The van der Waals surface area contributed by atoms with Gasteiger partial charge in [0.2, 0.25) is 0 Å². The van der Waals surface area contributed by atoms with Crippen LogP contribution in [-0.2, 0) is 0 Å². The number of ether oxygens (including phenoxy) is 2. The number of para-hydroxylation sites is 1. The van der Waals surface area contributed by atoms with E-state index in [0.29, 0.717) is 0 Å². The second-order valence-electron chi connectivity index (χ2n) is 11.5. The normalized spacial score (nSPS) is 12.7. The second kappa shape index (κ2) is 9.25. The third-order valence-corrected chi connectivity index (χ3v) is 9.84. The lowest BCUT2D eigenvalue weighted by molar-refractivity contribution is 0.465. The lowest BCUT2D eigenvalue weighted by atomic mass is 9.35. The van der Waals surface area contributed by atoms with E-state index in [0.717, 1.165) is 45.5 Å². The maximum absolute atomic E-state index is 6.58. The van der Waals surface area contributed by atoms with Gasteiger partial charge in [-0.1, -0.05) is 65.7 Å². The molecule has 0 atom stereocenters. The lowest BCUT2D eigenvalue weighted by Gasteiger charge is -2.32. The Labute approximate surface area is 254 Å². The number of hydrogen-bond acceptors (Lipinski definition) is 4. The first-order valence-corrected chi connectivity index (χ1v) is 15.4. The van der Waals surface area contributed by atoms with Gasteiger partial charge in [0, 0.05) is 42.7 Å². The summed E-state index contributed by atoms with van der Waals surface area (Å²) in [5, 5.41) is 2.47. The molecule has 204 valence electrons. The number of aryl methyl sites for hydroxylation is 2. The summed E-state index contributed by atoms with van der Waals surface area (Å²) in [5.41, 5.74) is 9.42. The van der Waals surface area contributed by atoms with Gasteiger partial charge in [-0.15, -0.1) is 11.3 Å². The summed E-state index contributed by atoms with van der Waals surface area (Å²) in [7, 11) is 0. The van der Waals surface area contributed by atoms with Gasteiger partial charge < -0.3 is 14.4 Å². The van der Waals surface area contributed by atoms with E-state index in [-0.39, 0.29) is 6.71 Å². The molecule has 0 N–H and O–H groups in total. The minimum atomic E-state index is 0.0728. The van der Waals surface area contributed by atoms with Crippen molar-refractivity contribution in [2.75, 3.05) is 4.90 Å². The molecule has 0 amide bonds. The Morgan fingerprint density at radius 3 is 1.84 bits per heavy atom. The molecule has 0 spiro atoms. The second-order valence-corrected chi connectivity index (χ2v) is 12.6. The molecule has 0 aliphatic carbocycles. The third-order valence-electron chi connectivity index (χ3n) is 8.73. The van der Waals surface area contributed by atoms with Crippen LogP contribution >= 0.6 is 11.3 Å². The fourth-order valence-electron chi connectivity index (χ4n) is 6.61. The van der Waals surface area contributed by atoms with Crippen LogP contribution < -0.4 is 30.8 Å². The fraction of sp³-hybridized carbons (Fsp3) is 0.0526. The minimum absolute atomic E-state index is 0.0728. The molecule has 0 fully saturated rings. The highest BCUT2D eigenvalue weighted by Gasteiger charge is 2.40. The van der Waals surface area contributed by atoms with E-state index in [1.165, 1.54) is 42.2 Å². The van der Waals surface area contributed by atoms with E-state index in [4.69, 9.17) is 9.47 Å². The van der Waals surface area contributed by atoms with E-state index >= 15 is 0 Å². The summed E-state index contributed by atoms with van der Waals surface area (Å²) < 4.78 is 15.4. The van der Waals surface area contributed by atoms with Gasteiger partial charge in [-0.25, -0.2) is 0 Å². The first kappa shape index (κ1) is 24.6. The van der Waals surface area contributed by atoms with Gasteiger partial charge in [0.05, 0.1) is 0 Å². The summed E-state index contributed by atoms with van der Waals surface area (Å²) >= 11 is 1.85. The van der Waals surface area contributed by atoms with Crippen LogP contribution in [0.4, 0.5) is 17.1 Å². The van der Waals surface area contributed by atoms with Crippen molar-refractivity contribution in [3.63, 3.8) is 0 Å². The Bertz CT molecular complexity index is 2170. The molecule has 0 radical (unpaired) electrons. The topological polar surface area (TPSA) is 21.7 Å². The number of anilines is 3. The summed E-state index contributed by atoms with van der Waals surface area (Å²) in [6.45, 7) is 4.33. The van der Waals surface area contributed by atoms with E-state index in [1.807, 2.05) is 29.5 Å². The van der Waals surface area contributed by atoms with Gasteiger partial charge in [0.15, 0.2) is 0 Å². The van der Waals surface area contributed by atoms with Crippen molar-refractivity contribution in [2.45, 2.75) is 13.8 Å². The Kier molecular flexibility index (Phi) is 5.29. The van der Waals surface area contributed by atoms with Gasteiger partial charge >= 0.3 is 0 Å². The third kappa shape index (κ3) is 3.82. The molecule has 9 rings (SSSR count). The molecular weight excluding hydrogens is 545 g/mol. The standard InChI is InChI=1S/C38H26BNO2S/c1-23-10-14-25(15-11-23)40(26-16-12-24(2)13-17-26)27-18-19-28-29-21-35-31(22-37(29)43-36(28)20-27)39-30-6-3-4-7-32(30)41-33-8-5-9-34(42-35)38(33)39/h3-22H,1-2H3. The number of benzene rings is 6. The predicted octanol–water partition coefficient (Wildman–Crippen LogP) is 8.87. The van der Waals surface area contributed by atoms with Crippen molar-refractivity contribution >= 4 is 71.7 Å². The van der Waals surface area contributed by atoms with Gasteiger partial charge in [-0.05, 0) is 91.5 Å². The monoisotopic (exact) mass is 571 g/mol. The number of nitrogens with zero attached hydrogens (tertiary/aromatic N) is 1. The van der Waals surface area contributed by atoms with Gasteiger partial charge in [-0.3, -0.25) is 0 Å². The Morgan fingerprint density at radius 1 is 0.512 bits per heavy atom. The molecule has 2 aliphatic heterocycles. The van der Waals surface area contributed by atoms with Crippen molar-refractivity contribution in [1.82, 2.24) is 0 Å². The molecule has 1 aromatic heterocycles. The Morgan fingerprint density at radius 2 is 1.12 bits per heavy atom. The predicted molar refractivity (Wildman–Crippen MR) is 181 cm³/mol. The summed E-state index contributed by atoms with van der Waals surface area (Å²) in [6.07, 6.45) is 0. The number of hydrogen-bond donors (Lipinski definition) is 0. The Hall–Kier alpha value is -5.00. The smallest absolute Gasteiger partial charge is 0.260 e. The number of fused-ring (bicyclic) bond motifs is 7. The maximum atomic E-state index is 6.58. The van der Waals surface area contributed by atoms with Crippen LogP contribution in [0.5, 0.6) is 23.0 Å². The molecule has 6 aromatic carbocycles.